The Morgan fingerprint density at radius 1 is 1.40 bits per heavy atom. The predicted octanol–water partition coefficient (Wildman–Crippen LogP) is 1.70. The molecule has 3 heterocycles. The first-order valence-electron chi connectivity index (χ1n) is 7.34. The molecule has 3 rings (SSSR count). The smallest absolute Gasteiger partial charge is 0.129 e. The molecule has 20 heavy (non-hydrogen) atoms. The second-order valence-electron chi connectivity index (χ2n) is 6.01. The molecular weight excluding hydrogens is 268 g/mol. The minimum Gasteiger partial charge on any atom is -0.389 e. The Labute approximate surface area is 126 Å². The second kappa shape index (κ2) is 5.30. The molecule has 0 spiro atoms. The number of pyridine rings is 1. The number of hydrogen-bond donors (Lipinski definition) is 1. The Balaban J connectivity index is 1.89. The van der Waals surface area contributed by atoms with Gasteiger partial charge in [0.25, 0.3) is 0 Å². The molecule has 0 radical (unpaired) electrons. The third-order valence-corrected chi connectivity index (χ3v) is 4.69. The van der Waals surface area contributed by atoms with E-state index in [0.29, 0.717) is 17.1 Å². The zero-order valence-electron chi connectivity index (χ0n) is 12.2. The van der Waals surface area contributed by atoms with Gasteiger partial charge >= 0.3 is 0 Å². The summed E-state index contributed by atoms with van der Waals surface area (Å²) < 4.78 is 0. The maximum Gasteiger partial charge on any atom is 0.129 e. The molecule has 2 aliphatic heterocycles. The molecule has 5 heteroatoms. The van der Waals surface area contributed by atoms with E-state index < -0.39 is 0 Å². The van der Waals surface area contributed by atoms with E-state index in [9.17, 15) is 0 Å². The van der Waals surface area contributed by atoms with E-state index in [0.717, 1.165) is 30.2 Å². The van der Waals surface area contributed by atoms with Crippen LogP contribution < -0.4 is 10.6 Å². The third-order valence-electron chi connectivity index (χ3n) is 4.46. The Morgan fingerprint density at radius 2 is 2.20 bits per heavy atom. The zero-order valence-corrected chi connectivity index (χ0v) is 13.0. The van der Waals surface area contributed by atoms with E-state index in [4.69, 9.17) is 22.9 Å². The van der Waals surface area contributed by atoms with Gasteiger partial charge in [0.15, 0.2) is 0 Å². The van der Waals surface area contributed by atoms with Crippen molar-refractivity contribution in [2.75, 3.05) is 24.5 Å². The van der Waals surface area contributed by atoms with Crippen LogP contribution in [0.4, 0.5) is 5.82 Å². The summed E-state index contributed by atoms with van der Waals surface area (Å²) >= 11 is 5.11. The van der Waals surface area contributed by atoms with Crippen molar-refractivity contribution in [1.29, 1.82) is 0 Å². The van der Waals surface area contributed by atoms with Gasteiger partial charge in [0.2, 0.25) is 0 Å². The summed E-state index contributed by atoms with van der Waals surface area (Å²) in [6.07, 6.45) is 2.63. The van der Waals surface area contributed by atoms with Crippen molar-refractivity contribution in [3.8, 4) is 0 Å². The highest BCUT2D eigenvalue weighted by Gasteiger charge is 2.34. The highest BCUT2D eigenvalue weighted by molar-refractivity contribution is 7.80. The van der Waals surface area contributed by atoms with Gasteiger partial charge in [-0.25, -0.2) is 4.98 Å². The van der Waals surface area contributed by atoms with Crippen LogP contribution in [-0.4, -0.2) is 46.6 Å². The molecule has 2 unspecified atom stereocenters. The predicted molar refractivity (Wildman–Crippen MR) is 86.3 cm³/mol. The van der Waals surface area contributed by atoms with Crippen LogP contribution in [0.3, 0.4) is 0 Å². The van der Waals surface area contributed by atoms with Gasteiger partial charge in [-0.1, -0.05) is 12.2 Å². The van der Waals surface area contributed by atoms with Crippen LogP contribution in [0.2, 0.25) is 0 Å². The van der Waals surface area contributed by atoms with E-state index in [2.05, 4.69) is 16.7 Å². The Hall–Kier alpha value is -1.20. The number of nitrogens with zero attached hydrogens (tertiary/aromatic N) is 3. The Bertz CT molecular complexity index is 531. The lowest BCUT2D eigenvalue weighted by molar-refractivity contribution is 0.202. The molecule has 2 fully saturated rings. The standard InChI is InChI=1S/C15H22N4S/c1-10-6-12(15(16)20)7-14(17-10)19-9-13-4-3-5-18(13)8-11(19)2/h6-7,11,13H,3-5,8-9H2,1-2H3,(H2,16,20). The second-order valence-corrected chi connectivity index (χ2v) is 6.45. The van der Waals surface area contributed by atoms with E-state index in [1.807, 2.05) is 19.1 Å². The maximum atomic E-state index is 5.78. The summed E-state index contributed by atoms with van der Waals surface area (Å²) in [4.78, 5) is 10.2. The fraction of sp³-hybridized carbons (Fsp3) is 0.600. The molecule has 0 saturated carbocycles. The van der Waals surface area contributed by atoms with Gasteiger partial charge in [0, 0.05) is 36.4 Å². The van der Waals surface area contributed by atoms with Crippen molar-refractivity contribution in [2.24, 2.45) is 5.73 Å². The normalized spacial score (nSPS) is 26.6. The monoisotopic (exact) mass is 290 g/mol. The van der Waals surface area contributed by atoms with Crippen molar-refractivity contribution in [3.63, 3.8) is 0 Å². The first-order valence-corrected chi connectivity index (χ1v) is 7.74. The lowest BCUT2D eigenvalue weighted by Crippen LogP contribution is -2.55. The molecule has 0 aromatic carbocycles. The van der Waals surface area contributed by atoms with Gasteiger partial charge in [0.1, 0.15) is 10.8 Å². The average molecular weight is 290 g/mol. The van der Waals surface area contributed by atoms with Crippen LogP contribution in [0.1, 0.15) is 31.0 Å². The number of anilines is 1. The molecular formula is C15H22N4S. The fourth-order valence-electron chi connectivity index (χ4n) is 3.45. The quantitative estimate of drug-likeness (QED) is 0.840. The molecule has 108 valence electrons. The van der Waals surface area contributed by atoms with Crippen LogP contribution in [-0.2, 0) is 0 Å². The van der Waals surface area contributed by atoms with Crippen molar-refractivity contribution < 1.29 is 0 Å². The first-order chi connectivity index (χ1) is 9.54. The van der Waals surface area contributed by atoms with Crippen LogP contribution in [0, 0.1) is 6.92 Å². The summed E-state index contributed by atoms with van der Waals surface area (Å²) in [7, 11) is 0. The summed E-state index contributed by atoms with van der Waals surface area (Å²) in [6, 6.07) is 5.17. The molecule has 1 aromatic rings. The van der Waals surface area contributed by atoms with Crippen LogP contribution in [0.5, 0.6) is 0 Å². The van der Waals surface area contributed by atoms with Crippen molar-refractivity contribution >= 4 is 23.0 Å². The number of piperazine rings is 1. The first kappa shape index (κ1) is 13.8. The summed E-state index contributed by atoms with van der Waals surface area (Å²) in [5, 5.41) is 0. The Morgan fingerprint density at radius 3 is 2.95 bits per heavy atom. The van der Waals surface area contributed by atoms with Gasteiger partial charge in [-0.15, -0.1) is 0 Å². The van der Waals surface area contributed by atoms with Crippen LogP contribution in [0.15, 0.2) is 12.1 Å². The topological polar surface area (TPSA) is 45.4 Å². The lowest BCUT2D eigenvalue weighted by atomic mass is 10.1. The molecule has 2 N–H and O–H groups in total. The molecule has 0 bridgehead atoms. The van der Waals surface area contributed by atoms with Crippen molar-refractivity contribution in [3.05, 3.63) is 23.4 Å². The molecule has 2 saturated heterocycles. The zero-order chi connectivity index (χ0) is 14.3. The summed E-state index contributed by atoms with van der Waals surface area (Å²) in [5.74, 6) is 1.02. The molecule has 4 nitrogen and oxygen atoms in total. The molecule has 0 aliphatic carbocycles. The van der Waals surface area contributed by atoms with E-state index in [1.165, 1.54) is 19.4 Å². The summed E-state index contributed by atoms with van der Waals surface area (Å²) in [5.41, 5.74) is 7.68. The van der Waals surface area contributed by atoms with Gasteiger partial charge in [-0.2, -0.15) is 0 Å². The van der Waals surface area contributed by atoms with E-state index >= 15 is 0 Å². The van der Waals surface area contributed by atoms with Crippen molar-refractivity contribution in [2.45, 2.75) is 38.8 Å². The molecule has 0 amide bonds. The number of fused-ring (bicyclic) bond motifs is 1. The highest BCUT2D eigenvalue weighted by Crippen LogP contribution is 2.28. The third kappa shape index (κ3) is 2.52. The van der Waals surface area contributed by atoms with Gasteiger partial charge in [-0.3, -0.25) is 4.90 Å². The maximum absolute atomic E-state index is 5.78. The number of thiocarbonyl (C=S) groups is 1. The SMILES string of the molecule is Cc1cc(C(N)=S)cc(N2CC3CCCN3CC2C)n1. The van der Waals surface area contributed by atoms with Gasteiger partial charge in [-0.05, 0) is 45.4 Å². The number of nitrogens with two attached hydrogens (primary N) is 1. The largest absolute Gasteiger partial charge is 0.389 e. The Kier molecular flexibility index (Phi) is 3.65. The summed E-state index contributed by atoms with van der Waals surface area (Å²) in [6.45, 7) is 7.72. The van der Waals surface area contributed by atoms with Crippen LogP contribution in [0.25, 0.3) is 0 Å². The molecule has 2 atom stereocenters. The lowest BCUT2D eigenvalue weighted by Gasteiger charge is -2.43. The molecule has 2 aliphatic rings. The van der Waals surface area contributed by atoms with E-state index in [-0.39, 0.29) is 0 Å². The number of hydrogen-bond acceptors (Lipinski definition) is 4. The van der Waals surface area contributed by atoms with E-state index in [1.54, 1.807) is 0 Å². The van der Waals surface area contributed by atoms with Gasteiger partial charge in [0.05, 0.1) is 0 Å². The average Bonchev–Trinajstić information content (AvgIpc) is 2.83. The minimum atomic E-state index is 0.448. The van der Waals surface area contributed by atoms with Gasteiger partial charge < -0.3 is 10.6 Å². The van der Waals surface area contributed by atoms with Crippen LogP contribution >= 0.6 is 12.2 Å². The number of rotatable bonds is 2. The molecule has 1 aromatic heterocycles. The fourth-order valence-corrected chi connectivity index (χ4v) is 3.56. The minimum absolute atomic E-state index is 0.448. The number of aromatic nitrogens is 1. The number of aryl methyl sites for hydroxylation is 1. The highest BCUT2D eigenvalue weighted by atomic mass is 32.1. The van der Waals surface area contributed by atoms with Crippen molar-refractivity contribution in [1.82, 2.24) is 9.88 Å².